The molecule has 1 aromatic carbocycles. The van der Waals surface area contributed by atoms with Crippen LogP contribution in [0.3, 0.4) is 0 Å². The van der Waals surface area contributed by atoms with Crippen LogP contribution in [0.1, 0.15) is 17.3 Å². The number of hydrogen-bond donors (Lipinski definition) is 3. The lowest BCUT2D eigenvalue weighted by atomic mass is 10.1. The first-order valence-corrected chi connectivity index (χ1v) is 7.11. The average molecular weight is 300 g/mol. The monoisotopic (exact) mass is 300 g/mol. The van der Waals surface area contributed by atoms with E-state index < -0.39 is 10.9 Å². The first-order chi connectivity index (χ1) is 9.40. The quantitative estimate of drug-likeness (QED) is 0.520. The Morgan fingerprint density at radius 3 is 2.65 bits per heavy atom. The molecule has 0 fully saturated rings. The Kier molecular flexibility index (Phi) is 5.78. The van der Waals surface area contributed by atoms with E-state index in [4.69, 9.17) is 5.11 Å². The number of aromatic carboxylic acids is 1. The molecule has 2 atom stereocenters. The second kappa shape index (κ2) is 7.11. The Balaban J connectivity index is 3.10. The summed E-state index contributed by atoms with van der Waals surface area (Å²) in [6.45, 7) is 1.69. The summed E-state index contributed by atoms with van der Waals surface area (Å²) < 4.78 is 0. The van der Waals surface area contributed by atoms with E-state index in [2.05, 4.69) is 5.32 Å². The third kappa shape index (κ3) is 3.84. The molecule has 3 N–H and O–H groups in total. The van der Waals surface area contributed by atoms with Crippen LogP contribution in [0, 0.1) is 10.1 Å². The van der Waals surface area contributed by atoms with Crippen LogP contribution in [0.15, 0.2) is 18.2 Å². The molecule has 8 heteroatoms. The lowest BCUT2D eigenvalue weighted by Gasteiger charge is -2.22. The van der Waals surface area contributed by atoms with Gasteiger partial charge in [-0.3, -0.25) is 10.1 Å². The molecular formula is C12H16N2O5S. The number of anilines is 1. The minimum atomic E-state index is -1.15. The Bertz CT molecular complexity index is 505. The van der Waals surface area contributed by atoms with Crippen molar-refractivity contribution in [1.29, 1.82) is 0 Å². The van der Waals surface area contributed by atoms with E-state index >= 15 is 0 Å². The number of nitro groups is 1. The summed E-state index contributed by atoms with van der Waals surface area (Å²) in [7, 11) is 0. The van der Waals surface area contributed by atoms with Gasteiger partial charge < -0.3 is 15.5 Å². The number of benzene rings is 1. The van der Waals surface area contributed by atoms with E-state index in [9.17, 15) is 20.0 Å². The second-order valence-electron chi connectivity index (χ2n) is 4.18. The van der Waals surface area contributed by atoms with Crippen LogP contribution in [0.5, 0.6) is 0 Å². The number of carbonyl (C=O) groups is 1. The Morgan fingerprint density at radius 1 is 1.55 bits per heavy atom. The van der Waals surface area contributed by atoms with Gasteiger partial charge in [-0.25, -0.2) is 4.79 Å². The lowest BCUT2D eigenvalue weighted by molar-refractivity contribution is -0.384. The van der Waals surface area contributed by atoms with Crippen LogP contribution in [0.4, 0.5) is 11.4 Å². The van der Waals surface area contributed by atoms with Gasteiger partial charge in [0, 0.05) is 17.4 Å². The van der Waals surface area contributed by atoms with Gasteiger partial charge in [0.25, 0.3) is 5.69 Å². The zero-order chi connectivity index (χ0) is 15.3. The number of rotatable bonds is 7. The molecule has 0 heterocycles. The topological polar surface area (TPSA) is 113 Å². The molecule has 1 rings (SSSR count). The molecule has 0 aliphatic carbocycles. The van der Waals surface area contributed by atoms with Crippen LogP contribution in [0.2, 0.25) is 0 Å². The van der Waals surface area contributed by atoms with Crippen molar-refractivity contribution in [3.63, 3.8) is 0 Å². The summed E-state index contributed by atoms with van der Waals surface area (Å²) in [5.41, 5.74) is -0.0930. The fourth-order valence-electron chi connectivity index (χ4n) is 1.72. The molecule has 0 saturated heterocycles. The smallest absolute Gasteiger partial charge is 0.335 e. The molecule has 0 aliphatic heterocycles. The minimum absolute atomic E-state index is 0.0324. The number of aliphatic hydroxyl groups is 1. The van der Waals surface area contributed by atoms with Crippen molar-refractivity contribution < 1.29 is 19.9 Å². The molecule has 0 spiro atoms. The SMILES string of the molecule is CSC(CO)C(C)Nc1cc(C(=O)O)ccc1[N+](=O)[O-]. The number of carboxylic acids is 1. The maximum Gasteiger partial charge on any atom is 0.335 e. The lowest BCUT2D eigenvalue weighted by Crippen LogP contribution is -2.31. The zero-order valence-corrected chi connectivity index (χ0v) is 11.9. The molecule has 0 amide bonds. The number of thioether (sulfide) groups is 1. The van der Waals surface area contributed by atoms with Crippen molar-refractivity contribution in [3.05, 3.63) is 33.9 Å². The van der Waals surface area contributed by atoms with Crippen molar-refractivity contribution in [1.82, 2.24) is 0 Å². The molecule has 20 heavy (non-hydrogen) atoms. The highest BCUT2D eigenvalue weighted by molar-refractivity contribution is 7.99. The zero-order valence-electron chi connectivity index (χ0n) is 11.1. The molecule has 0 aromatic heterocycles. The maximum atomic E-state index is 11.0. The normalized spacial score (nSPS) is 13.6. The standard InChI is InChI=1S/C12H16N2O5S/c1-7(11(6-15)20-2)13-9-5-8(12(16)17)3-4-10(9)14(18)19/h3-5,7,11,13,15H,6H2,1-2H3,(H,16,17). The molecule has 110 valence electrons. The Morgan fingerprint density at radius 2 is 2.20 bits per heavy atom. The molecular weight excluding hydrogens is 284 g/mol. The first-order valence-electron chi connectivity index (χ1n) is 5.82. The predicted octanol–water partition coefficient (Wildman–Crippen LogP) is 1.82. The predicted molar refractivity (Wildman–Crippen MR) is 77.5 cm³/mol. The van der Waals surface area contributed by atoms with Gasteiger partial charge in [0.15, 0.2) is 0 Å². The number of hydrogen-bond acceptors (Lipinski definition) is 6. The summed E-state index contributed by atoms with van der Waals surface area (Å²) in [4.78, 5) is 21.3. The molecule has 2 unspecified atom stereocenters. The summed E-state index contributed by atoms with van der Waals surface area (Å²) >= 11 is 1.42. The highest BCUT2D eigenvalue weighted by Crippen LogP contribution is 2.27. The van der Waals surface area contributed by atoms with Crippen molar-refractivity contribution in [2.24, 2.45) is 0 Å². The largest absolute Gasteiger partial charge is 0.478 e. The number of nitrogens with zero attached hydrogens (tertiary/aromatic N) is 1. The van der Waals surface area contributed by atoms with Crippen LogP contribution in [-0.2, 0) is 0 Å². The fraction of sp³-hybridized carbons (Fsp3) is 0.417. The van der Waals surface area contributed by atoms with Gasteiger partial charge in [0.2, 0.25) is 0 Å². The van der Waals surface area contributed by atoms with Crippen LogP contribution < -0.4 is 5.32 Å². The number of nitrogens with one attached hydrogen (secondary N) is 1. The summed E-state index contributed by atoms with van der Waals surface area (Å²) in [5, 5.41) is 31.8. The molecule has 0 radical (unpaired) electrons. The van der Waals surface area contributed by atoms with E-state index in [0.29, 0.717) is 0 Å². The van der Waals surface area contributed by atoms with Crippen LogP contribution >= 0.6 is 11.8 Å². The molecule has 0 bridgehead atoms. The third-order valence-corrected chi connectivity index (χ3v) is 4.03. The van der Waals surface area contributed by atoms with Gasteiger partial charge in [0.1, 0.15) is 5.69 Å². The van der Waals surface area contributed by atoms with E-state index in [0.717, 1.165) is 6.07 Å². The summed E-state index contributed by atoms with van der Waals surface area (Å²) in [6.07, 6.45) is 1.82. The molecule has 0 saturated carbocycles. The molecule has 1 aromatic rings. The number of aliphatic hydroxyl groups excluding tert-OH is 1. The van der Waals surface area contributed by atoms with Crippen LogP contribution in [0.25, 0.3) is 0 Å². The first kappa shape index (κ1) is 16.3. The van der Waals surface area contributed by atoms with Crippen LogP contribution in [-0.4, -0.2) is 45.3 Å². The Hall–Kier alpha value is -1.80. The number of nitro benzene ring substituents is 1. The van der Waals surface area contributed by atoms with Gasteiger partial charge in [-0.1, -0.05) is 0 Å². The van der Waals surface area contributed by atoms with Gasteiger partial charge in [-0.15, -0.1) is 0 Å². The molecule has 7 nitrogen and oxygen atoms in total. The molecule has 0 aliphatic rings. The van der Waals surface area contributed by atoms with Crippen molar-refractivity contribution >= 4 is 29.1 Å². The van der Waals surface area contributed by atoms with Gasteiger partial charge in [0.05, 0.1) is 17.1 Å². The second-order valence-corrected chi connectivity index (χ2v) is 5.26. The summed E-state index contributed by atoms with van der Waals surface area (Å²) in [5.74, 6) is -1.15. The average Bonchev–Trinajstić information content (AvgIpc) is 2.39. The van der Waals surface area contributed by atoms with Gasteiger partial charge in [-0.2, -0.15) is 11.8 Å². The number of carboxylic acid groups (broad SMARTS) is 1. The van der Waals surface area contributed by atoms with Crippen molar-refractivity contribution in [3.8, 4) is 0 Å². The van der Waals surface area contributed by atoms with Crippen molar-refractivity contribution in [2.45, 2.75) is 18.2 Å². The summed E-state index contributed by atoms with van der Waals surface area (Å²) in [6, 6.07) is 3.32. The minimum Gasteiger partial charge on any atom is -0.478 e. The van der Waals surface area contributed by atoms with E-state index in [-0.39, 0.29) is 34.8 Å². The van der Waals surface area contributed by atoms with Gasteiger partial charge >= 0.3 is 5.97 Å². The van der Waals surface area contributed by atoms with E-state index in [1.807, 2.05) is 6.26 Å². The third-order valence-electron chi connectivity index (χ3n) is 2.86. The van der Waals surface area contributed by atoms with Crippen molar-refractivity contribution in [2.75, 3.05) is 18.2 Å². The Labute approximate surface area is 120 Å². The van der Waals surface area contributed by atoms with E-state index in [1.165, 1.54) is 23.9 Å². The maximum absolute atomic E-state index is 11.0. The van der Waals surface area contributed by atoms with E-state index in [1.54, 1.807) is 6.92 Å². The fourth-order valence-corrected chi connectivity index (χ4v) is 2.34. The highest BCUT2D eigenvalue weighted by Gasteiger charge is 2.21. The highest BCUT2D eigenvalue weighted by atomic mass is 32.2. The van der Waals surface area contributed by atoms with Gasteiger partial charge in [-0.05, 0) is 25.3 Å².